The number of hydrogen-bond acceptors (Lipinski definition) is 6. The van der Waals surface area contributed by atoms with Crippen molar-refractivity contribution in [1.82, 2.24) is 0 Å². The van der Waals surface area contributed by atoms with E-state index in [2.05, 4.69) is 20.8 Å². The highest BCUT2D eigenvalue weighted by atomic mass is 16.6. The predicted octanol–water partition coefficient (Wildman–Crippen LogP) is 19.9. The lowest BCUT2D eigenvalue weighted by Crippen LogP contribution is -2.30. The van der Waals surface area contributed by atoms with Crippen LogP contribution in [0.2, 0.25) is 0 Å². The van der Waals surface area contributed by atoms with Crippen molar-refractivity contribution in [2.24, 2.45) is 0 Å². The summed E-state index contributed by atoms with van der Waals surface area (Å²) in [6.07, 6.45) is 62.9. The molecule has 0 aliphatic heterocycles. The molecule has 0 radical (unpaired) electrons. The van der Waals surface area contributed by atoms with Gasteiger partial charge in [-0.2, -0.15) is 0 Å². The number of carbonyl (C=O) groups is 3. The summed E-state index contributed by atoms with van der Waals surface area (Å²) in [6.45, 7) is 6.65. The lowest BCUT2D eigenvalue weighted by atomic mass is 10.0. The Balaban J connectivity index is 4.01. The summed E-state index contributed by atoms with van der Waals surface area (Å²) < 4.78 is 16.8. The molecule has 6 heteroatoms. The van der Waals surface area contributed by atoms with E-state index in [1.54, 1.807) is 0 Å². The van der Waals surface area contributed by atoms with Crippen molar-refractivity contribution >= 4 is 17.9 Å². The Morgan fingerprint density at radius 3 is 0.606 bits per heavy atom. The Morgan fingerprint density at radius 2 is 0.409 bits per heavy atom. The van der Waals surface area contributed by atoms with Crippen molar-refractivity contribution in [3.05, 3.63) is 0 Å². The molecule has 0 aromatic rings. The van der Waals surface area contributed by atoms with E-state index in [-0.39, 0.29) is 31.1 Å². The van der Waals surface area contributed by atoms with Gasteiger partial charge in [0.1, 0.15) is 13.2 Å². The molecule has 0 rings (SSSR count). The Hall–Kier alpha value is -1.59. The molecule has 0 heterocycles. The van der Waals surface area contributed by atoms with E-state index >= 15 is 0 Å². The van der Waals surface area contributed by atoms with E-state index in [0.29, 0.717) is 19.3 Å². The molecule has 0 bridgehead atoms. The van der Waals surface area contributed by atoms with E-state index < -0.39 is 6.10 Å². The van der Waals surface area contributed by atoms with Crippen LogP contribution in [0.5, 0.6) is 0 Å². The van der Waals surface area contributed by atoms with Crippen LogP contribution in [0.1, 0.15) is 348 Å². The van der Waals surface area contributed by atoms with Crippen molar-refractivity contribution in [2.75, 3.05) is 13.2 Å². The summed E-state index contributed by atoms with van der Waals surface area (Å²) >= 11 is 0. The summed E-state index contributed by atoms with van der Waals surface area (Å²) in [4.78, 5) is 37.9. The third-order valence-corrected chi connectivity index (χ3v) is 13.9. The predicted molar refractivity (Wildman–Crippen MR) is 284 cm³/mol. The third-order valence-electron chi connectivity index (χ3n) is 13.9. The first kappa shape index (κ1) is 64.4. The average molecular weight is 934 g/mol. The smallest absolute Gasteiger partial charge is 0.306 e. The van der Waals surface area contributed by atoms with Gasteiger partial charge in [-0.05, 0) is 19.3 Å². The fourth-order valence-corrected chi connectivity index (χ4v) is 9.33. The van der Waals surface area contributed by atoms with Crippen molar-refractivity contribution in [2.45, 2.75) is 354 Å². The quantitative estimate of drug-likeness (QED) is 0.0343. The standard InChI is InChI=1S/C60H116O6/c1-4-7-10-13-16-18-20-22-24-26-27-28-29-30-31-32-33-35-36-38-40-42-44-47-50-53-59(62)65-56-57(55-64-58(61)52-49-46-15-12-9-6-3)66-60(63)54-51-48-45-43-41-39-37-34-25-23-21-19-17-14-11-8-5-2/h57H,4-56H2,1-3H3. The summed E-state index contributed by atoms with van der Waals surface area (Å²) in [5, 5.41) is 0. The summed E-state index contributed by atoms with van der Waals surface area (Å²) in [6, 6.07) is 0. The zero-order valence-corrected chi connectivity index (χ0v) is 45.0. The SMILES string of the molecule is CCCCCCCCCCCCCCCCCCCCCCCCCCCC(=O)OCC(COC(=O)CCCCCCCC)OC(=O)CCCCCCCCCCCCCCCCCCC. The zero-order valence-electron chi connectivity index (χ0n) is 45.0. The number of hydrogen-bond donors (Lipinski definition) is 0. The Labute approximate surface area is 412 Å². The minimum atomic E-state index is -0.759. The lowest BCUT2D eigenvalue weighted by molar-refractivity contribution is -0.167. The van der Waals surface area contributed by atoms with Gasteiger partial charge < -0.3 is 14.2 Å². The highest BCUT2D eigenvalue weighted by molar-refractivity contribution is 5.71. The summed E-state index contributed by atoms with van der Waals surface area (Å²) in [5.41, 5.74) is 0. The topological polar surface area (TPSA) is 78.9 Å². The molecule has 0 fully saturated rings. The molecule has 0 aliphatic carbocycles. The number of rotatable bonds is 56. The normalized spacial score (nSPS) is 11.9. The van der Waals surface area contributed by atoms with Crippen LogP contribution in [0.3, 0.4) is 0 Å². The number of esters is 3. The van der Waals surface area contributed by atoms with Gasteiger partial charge in [0.2, 0.25) is 0 Å². The van der Waals surface area contributed by atoms with Crippen molar-refractivity contribution in [3.8, 4) is 0 Å². The van der Waals surface area contributed by atoms with Crippen LogP contribution in [-0.2, 0) is 28.6 Å². The molecular formula is C60H116O6. The number of ether oxygens (including phenoxy) is 3. The van der Waals surface area contributed by atoms with Crippen molar-refractivity contribution in [3.63, 3.8) is 0 Å². The van der Waals surface area contributed by atoms with Gasteiger partial charge in [0.15, 0.2) is 6.10 Å². The van der Waals surface area contributed by atoms with Crippen LogP contribution in [0.15, 0.2) is 0 Å². The fourth-order valence-electron chi connectivity index (χ4n) is 9.33. The molecule has 0 saturated heterocycles. The van der Waals surface area contributed by atoms with E-state index in [0.717, 1.165) is 57.8 Å². The second kappa shape index (κ2) is 56.0. The molecule has 6 nitrogen and oxygen atoms in total. The first-order chi connectivity index (χ1) is 32.5. The van der Waals surface area contributed by atoms with E-state index in [1.165, 1.54) is 250 Å². The number of carbonyl (C=O) groups excluding carboxylic acids is 3. The molecule has 0 saturated carbocycles. The molecule has 0 amide bonds. The highest BCUT2D eigenvalue weighted by Crippen LogP contribution is 2.18. The lowest BCUT2D eigenvalue weighted by Gasteiger charge is -2.18. The molecular weight excluding hydrogens is 817 g/mol. The number of unbranched alkanes of at least 4 members (excludes halogenated alkanes) is 45. The molecule has 66 heavy (non-hydrogen) atoms. The third kappa shape index (κ3) is 53.4. The second-order valence-electron chi connectivity index (χ2n) is 20.6. The molecule has 0 spiro atoms. The highest BCUT2D eigenvalue weighted by Gasteiger charge is 2.19. The first-order valence-electron chi connectivity index (χ1n) is 30.0. The van der Waals surface area contributed by atoms with Gasteiger partial charge in [-0.1, -0.05) is 310 Å². The van der Waals surface area contributed by atoms with E-state index in [9.17, 15) is 14.4 Å². The molecule has 0 N–H and O–H groups in total. The van der Waals surface area contributed by atoms with E-state index in [4.69, 9.17) is 14.2 Å². The van der Waals surface area contributed by atoms with Crippen LogP contribution in [0.25, 0.3) is 0 Å². The van der Waals surface area contributed by atoms with Crippen LogP contribution in [0, 0.1) is 0 Å². The first-order valence-corrected chi connectivity index (χ1v) is 30.0. The maximum Gasteiger partial charge on any atom is 0.306 e. The second-order valence-corrected chi connectivity index (χ2v) is 20.6. The minimum Gasteiger partial charge on any atom is -0.462 e. The van der Waals surface area contributed by atoms with Gasteiger partial charge in [-0.15, -0.1) is 0 Å². The fraction of sp³-hybridized carbons (Fsp3) is 0.950. The minimum absolute atomic E-state index is 0.0621. The van der Waals surface area contributed by atoms with Crippen LogP contribution >= 0.6 is 0 Å². The monoisotopic (exact) mass is 933 g/mol. The molecule has 0 aromatic carbocycles. The van der Waals surface area contributed by atoms with Gasteiger partial charge in [0.25, 0.3) is 0 Å². The van der Waals surface area contributed by atoms with E-state index in [1.807, 2.05) is 0 Å². The summed E-state index contributed by atoms with van der Waals surface area (Å²) in [7, 11) is 0. The van der Waals surface area contributed by atoms with Crippen molar-refractivity contribution < 1.29 is 28.6 Å². The zero-order chi connectivity index (χ0) is 47.9. The average Bonchev–Trinajstić information content (AvgIpc) is 3.31. The van der Waals surface area contributed by atoms with Gasteiger partial charge in [-0.25, -0.2) is 0 Å². The van der Waals surface area contributed by atoms with Crippen LogP contribution < -0.4 is 0 Å². The van der Waals surface area contributed by atoms with Gasteiger partial charge in [-0.3, -0.25) is 14.4 Å². The molecule has 392 valence electrons. The molecule has 0 aromatic heterocycles. The molecule has 1 unspecified atom stereocenters. The van der Waals surface area contributed by atoms with Gasteiger partial charge >= 0.3 is 17.9 Å². The Morgan fingerprint density at radius 1 is 0.242 bits per heavy atom. The van der Waals surface area contributed by atoms with Crippen LogP contribution in [-0.4, -0.2) is 37.2 Å². The largest absolute Gasteiger partial charge is 0.462 e. The summed E-state index contributed by atoms with van der Waals surface area (Å²) in [5.74, 6) is -0.845. The van der Waals surface area contributed by atoms with Crippen LogP contribution in [0.4, 0.5) is 0 Å². The van der Waals surface area contributed by atoms with Gasteiger partial charge in [0.05, 0.1) is 0 Å². The Bertz CT molecular complexity index is 982. The van der Waals surface area contributed by atoms with Crippen molar-refractivity contribution in [1.29, 1.82) is 0 Å². The maximum atomic E-state index is 12.8. The Kier molecular flexibility index (Phi) is 54.7. The molecule has 1 atom stereocenters. The van der Waals surface area contributed by atoms with Gasteiger partial charge in [0, 0.05) is 19.3 Å². The molecule has 0 aliphatic rings. The maximum absolute atomic E-state index is 12.8.